The van der Waals surface area contributed by atoms with Gasteiger partial charge >= 0.3 is 0 Å². The van der Waals surface area contributed by atoms with Crippen molar-refractivity contribution in [2.45, 2.75) is 33.4 Å². The van der Waals surface area contributed by atoms with E-state index in [0.29, 0.717) is 0 Å². The molecule has 0 spiro atoms. The van der Waals surface area contributed by atoms with Crippen molar-refractivity contribution in [3.05, 3.63) is 56.2 Å². The van der Waals surface area contributed by atoms with Crippen LogP contribution in [0.3, 0.4) is 0 Å². The van der Waals surface area contributed by atoms with Crippen LogP contribution in [0, 0.1) is 5.92 Å². The first-order chi connectivity index (χ1) is 9.13. The van der Waals surface area contributed by atoms with E-state index in [1.54, 1.807) is 11.3 Å². The van der Waals surface area contributed by atoms with E-state index in [0.717, 1.165) is 25.4 Å². The lowest BCUT2D eigenvalue weighted by molar-refractivity contribution is 0.646. The average molecular weight is 338 g/mol. The van der Waals surface area contributed by atoms with Gasteiger partial charge in [0.2, 0.25) is 0 Å². The summed E-state index contributed by atoms with van der Waals surface area (Å²) in [7, 11) is 0. The molecule has 1 heterocycles. The number of benzene rings is 1. The standard InChI is InChI=1S/C16H20BrNS/c1-12(2)9-13-3-5-14(6-4-13)10-18-11-15-7-8-16(17)19-15/h3-8,12,18H,9-11H2,1-2H3. The van der Waals surface area contributed by atoms with Crippen molar-refractivity contribution in [1.29, 1.82) is 0 Å². The molecule has 1 aromatic carbocycles. The van der Waals surface area contributed by atoms with Crippen LogP contribution in [0.1, 0.15) is 29.9 Å². The number of rotatable bonds is 6. The molecule has 0 saturated heterocycles. The Morgan fingerprint density at radius 3 is 2.26 bits per heavy atom. The van der Waals surface area contributed by atoms with Gasteiger partial charge in [-0.3, -0.25) is 0 Å². The maximum atomic E-state index is 3.49. The minimum atomic E-state index is 0.723. The molecule has 0 unspecified atom stereocenters. The normalized spacial score (nSPS) is 11.2. The lowest BCUT2D eigenvalue weighted by Crippen LogP contribution is -2.11. The summed E-state index contributed by atoms with van der Waals surface area (Å²) >= 11 is 5.27. The van der Waals surface area contributed by atoms with Crippen molar-refractivity contribution in [1.82, 2.24) is 5.32 Å². The van der Waals surface area contributed by atoms with Gasteiger partial charge in [-0.1, -0.05) is 38.1 Å². The molecule has 0 amide bonds. The summed E-state index contributed by atoms with van der Waals surface area (Å²) in [6, 6.07) is 13.2. The second-order valence-electron chi connectivity index (χ2n) is 5.22. The maximum Gasteiger partial charge on any atom is 0.0701 e. The Morgan fingerprint density at radius 2 is 1.68 bits per heavy atom. The SMILES string of the molecule is CC(C)Cc1ccc(CNCc2ccc(Br)s2)cc1. The Balaban J connectivity index is 1.79. The van der Waals surface area contributed by atoms with Gasteiger partial charge in [-0.25, -0.2) is 0 Å². The largest absolute Gasteiger partial charge is 0.308 e. The highest BCUT2D eigenvalue weighted by Gasteiger charge is 2.00. The fraction of sp³-hybridized carbons (Fsp3) is 0.375. The van der Waals surface area contributed by atoms with Crippen molar-refractivity contribution in [3.8, 4) is 0 Å². The van der Waals surface area contributed by atoms with Crippen molar-refractivity contribution >= 4 is 27.3 Å². The summed E-state index contributed by atoms with van der Waals surface area (Å²) in [4.78, 5) is 1.36. The van der Waals surface area contributed by atoms with E-state index in [1.165, 1.54) is 19.8 Å². The molecule has 1 nitrogen and oxygen atoms in total. The molecule has 1 N–H and O–H groups in total. The van der Waals surface area contributed by atoms with Crippen LogP contribution in [0.4, 0.5) is 0 Å². The fourth-order valence-electron chi connectivity index (χ4n) is 2.04. The number of thiophene rings is 1. The Hall–Kier alpha value is -0.640. The lowest BCUT2D eigenvalue weighted by atomic mass is 10.0. The zero-order valence-corrected chi connectivity index (χ0v) is 13.9. The van der Waals surface area contributed by atoms with Crippen molar-refractivity contribution < 1.29 is 0 Å². The Morgan fingerprint density at radius 1 is 1.00 bits per heavy atom. The van der Waals surface area contributed by atoms with Crippen LogP contribution in [-0.2, 0) is 19.5 Å². The van der Waals surface area contributed by atoms with Crippen LogP contribution >= 0.6 is 27.3 Å². The molecule has 0 bridgehead atoms. The molecule has 0 aliphatic carbocycles. The summed E-state index contributed by atoms with van der Waals surface area (Å²) in [6.45, 7) is 6.38. The average Bonchev–Trinajstić information content (AvgIpc) is 2.77. The molecule has 2 aromatic rings. The van der Waals surface area contributed by atoms with Crippen LogP contribution < -0.4 is 5.32 Å². The summed E-state index contributed by atoms with van der Waals surface area (Å²) in [6.07, 6.45) is 1.16. The monoisotopic (exact) mass is 337 g/mol. The lowest BCUT2D eigenvalue weighted by Gasteiger charge is -2.07. The minimum absolute atomic E-state index is 0.723. The quantitative estimate of drug-likeness (QED) is 0.782. The Bertz CT molecular complexity index is 502. The van der Waals surface area contributed by atoms with Gasteiger partial charge in [0.15, 0.2) is 0 Å². The molecule has 0 fully saturated rings. The predicted octanol–water partition coefficient (Wildman–Crippen LogP) is 5.00. The van der Waals surface area contributed by atoms with E-state index >= 15 is 0 Å². The van der Waals surface area contributed by atoms with Gasteiger partial charge in [0.05, 0.1) is 3.79 Å². The Kier molecular flexibility index (Phi) is 5.61. The van der Waals surface area contributed by atoms with Gasteiger partial charge in [0, 0.05) is 18.0 Å². The third-order valence-corrected chi connectivity index (χ3v) is 4.55. The van der Waals surface area contributed by atoms with E-state index in [1.807, 2.05) is 0 Å². The molecular formula is C16H20BrNS. The number of halogens is 1. The number of hydrogen-bond donors (Lipinski definition) is 1. The topological polar surface area (TPSA) is 12.0 Å². The van der Waals surface area contributed by atoms with E-state index < -0.39 is 0 Å². The van der Waals surface area contributed by atoms with Crippen molar-refractivity contribution in [3.63, 3.8) is 0 Å². The molecule has 19 heavy (non-hydrogen) atoms. The molecule has 3 heteroatoms. The van der Waals surface area contributed by atoms with Gasteiger partial charge in [0.25, 0.3) is 0 Å². The van der Waals surface area contributed by atoms with E-state index in [2.05, 4.69) is 71.5 Å². The summed E-state index contributed by atoms with van der Waals surface area (Å²) in [5.41, 5.74) is 2.78. The summed E-state index contributed by atoms with van der Waals surface area (Å²) in [5, 5.41) is 3.48. The zero-order valence-electron chi connectivity index (χ0n) is 11.4. The van der Waals surface area contributed by atoms with Crippen molar-refractivity contribution in [2.75, 3.05) is 0 Å². The van der Waals surface area contributed by atoms with Gasteiger partial charge in [-0.05, 0) is 51.5 Å². The molecule has 0 aliphatic rings. The molecular weight excluding hydrogens is 318 g/mol. The molecule has 0 radical (unpaired) electrons. The van der Waals surface area contributed by atoms with Gasteiger partial charge in [0.1, 0.15) is 0 Å². The highest BCUT2D eigenvalue weighted by Crippen LogP contribution is 2.21. The van der Waals surface area contributed by atoms with E-state index in [9.17, 15) is 0 Å². The van der Waals surface area contributed by atoms with Crippen LogP contribution in [0.25, 0.3) is 0 Å². The Labute approximate surface area is 128 Å². The van der Waals surface area contributed by atoms with Crippen LogP contribution in [-0.4, -0.2) is 0 Å². The highest BCUT2D eigenvalue weighted by atomic mass is 79.9. The smallest absolute Gasteiger partial charge is 0.0701 e. The minimum Gasteiger partial charge on any atom is -0.308 e. The number of nitrogens with one attached hydrogen (secondary N) is 1. The van der Waals surface area contributed by atoms with E-state index in [-0.39, 0.29) is 0 Å². The third kappa shape index (κ3) is 5.09. The summed E-state index contributed by atoms with van der Waals surface area (Å²) in [5.74, 6) is 0.723. The van der Waals surface area contributed by atoms with Gasteiger partial charge in [-0.15, -0.1) is 11.3 Å². The molecule has 0 aliphatic heterocycles. The highest BCUT2D eigenvalue weighted by molar-refractivity contribution is 9.11. The predicted molar refractivity (Wildman–Crippen MR) is 87.5 cm³/mol. The van der Waals surface area contributed by atoms with Crippen LogP contribution in [0.15, 0.2) is 40.2 Å². The second-order valence-corrected chi connectivity index (χ2v) is 7.77. The molecule has 0 atom stereocenters. The summed E-state index contributed by atoms with van der Waals surface area (Å²) < 4.78 is 1.20. The molecule has 2 rings (SSSR count). The molecule has 1 aromatic heterocycles. The second kappa shape index (κ2) is 7.22. The zero-order chi connectivity index (χ0) is 13.7. The first-order valence-electron chi connectivity index (χ1n) is 6.66. The van der Waals surface area contributed by atoms with Crippen LogP contribution in [0.2, 0.25) is 0 Å². The van der Waals surface area contributed by atoms with Crippen molar-refractivity contribution in [2.24, 2.45) is 5.92 Å². The van der Waals surface area contributed by atoms with Gasteiger partial charge < -0.3 is 5.32 Å². The molecule has 0 saturated carbocycles. The van der Waals surface area contributed by atoms with E-state index in [4.69, 9.17) is 0 Å². The number of hydrogen-bond acceptors (Lipinski definition) is 2. The maximum absolute atomic E-state index is 3.49. The van der Waals surface area contributed by atoms with Crippen LogP contribution in [0.5, 0.6) is 0 Å². The molecule has 102 valence electrons. The third-order valence-electron chi connectivity index (χ3n) is 2.92. The van der Waals surface area contributed by atoms with Gasteiger partial charge in [-0.2, -0.15) is 0 Å². The first-order valence-corrected chi connectivity index (χ1v) is 8.27. The fourth-order valence-corrected chi connectivity index (χ4v) is 3.49. The first kappa shape index (κ1) is 14.8.